The van der Waals surface area contributed by atoms with Gasteiger partial charge >= 0.3 is 0 Å². The summed E-state index contributed by atoms with van der Waals surface area (Å²) < 4.78 is 5.25. The third kappa shape index (κ3) is 4.65. The summed E-state index contributed by atoms with van der Waals surface area (Å²) in [5.41, 5.74) is 7.30. The fourth-order valence-electron chi connectivity index (χ4n) is 1.84. The Morgan fingerprint density at radius 3 is 2.70 bits per heavy atom. The first kappa shape index (κ1) is 15.1. The van der Waals surface area contributed by atoms with Gasteiger partial charge in [-0.05, 0) is 17.2 Å². The normalized spacial score (nSPS) is 12.8. The lowest BCUT2D eigenvalue weighted by Crippen LogP contribution is -2.11. The van der Waals surface area contributed by atoms with E-state index in [1.165, 1.54) is 0 Å². The van der Waals surface area contributed by atoms with Crippen LogP contribution >= 0.6 is 11.8 Å². The molecule has 0 spiro atoms. The van der Waals surface area contributed by atoms with Crippen molar-refractivity contribution in [3.63, 3.8) is 0 Å². The molecule has 2 N–H and O–H groups in total. The zero-order valence-electron chi connectivity index (χ0n) is 12.0. The highest BCUT2D eigenvalue weighted by Gasteiger charge is 2.11. The molecule has 0 radical (unpaired) electrons. The fourth-order valence-corrected chi connectivity index (χ4v) is 2.44. The number of hydrogen-bond donors (Lipinski definition) is 1. The lowest BCUT2D eigenvalue weighted by atomic mass is 10.0. The van der Waals surface area contributed by atoms with E-state index >= 15 is 0 Å². The van der Waals surface area contributed by atoms with Crippen LogP contribution in [-0.2, 0) is 12.2 Å². The Balaban J connectivity index is 1.82. The summed E-state index contributed by atoms with van der Waals surface area (Å²) in [6, 6.07) is 10.1. The molecule has 0 aliphatic heterocycles. The van der Waals surface area contributed by atoms with E-state index in [0.29, 0.717) is 11.1 Å². The molecule has 0 amide bonds. The minimum Gasteiger partial charge on any atom is -0.339 e. The molecule has 1 heterocycles. The Morgan fingerprint density at radius 2 is 2.00 bits per heavy atom. The van der Waals surface area contributed by atoms with E-state index in [9.17, 15) is 0 Å². The maximum Gasteiger partial charge on any atom is 0.226 e. The third-order valence-corrected chi connectivity index (χ3v) is 4.04. The number of aromatic nitrogens is 2. The molecule has 2 rings (SSSR count). The quantitative estimate of drug-likeness (QED) is 0.847. The molecule has 108 valence electrons. The van der Waals surface area contributed by atoms with Gasteiger partial charge in [0.2, 0.25) is 5.89 Å². The van der Waals surface area contributed by atoms with Crippen molar-refractivity contribution in [3.05, 3.63) is 47.6 Å². The monoisotopic (exact) mass is 291 g/mol. The van der Waals surface area contributed by atoms with Crippen LogP contribution in [0.15, 0.2) is 34.9 Å². The van der Waals surface area contributed by atoms with Crippen LogP contribution in [0.4, 0.5) is 0 Å². The summed E-state index contributed by atoms with van der Waals surface area (Å²) in [5, 5.41) is 4.56. The summed E-state index contributed by atoms with van der Waals surface area (Å²) in [6.07, 6.45) is 1.53. The average Bonchev–Trinajstić information content (AvgIpc) is 2.91. The Kier molecular flexibility index (Phi) is 5.61. The summed E-state index contributed by atoms with van der Waals surface area (Å²) in [6.45, 7) is 4.31. The highest BCUT2D eigenvalue weighted by molar-refractivity contribution is 7.99. The van der Waals surface area contributed by atoms with Gasteiger partial charge in [0, 0.05) is 12.5 Å². The van der Waals surface area contributed by atoms with Crippen molar-refractivity contribution in [2.75, 3.05) is 0 Å². The number of aryl methyl sites for hydroxylation is 1. The van der Waals surface area contributed by atoms with E-state index in [1.54, 1.807) is 0 Å². The molecule has 4 nitrogen and oxygen atoms in total. The molecule has 2 aromatic rings. The zero-order chi connectivity index (χ0) is 14.4. The molecule has 0 fully saturated rings. The highest BCUT2D eigenvalue weighted by Crippen LogP contribution is 2.18. The maximum atomic E-state index is 6.15. The number of benzene rings is 1. The number of rotatable bonds is 7. The van der Waals surface area contributed by atoms with Gasteiger partial charge in [-0.3, -0.25) is 0 Å². The number of hydrogen-bond acceptors (Lipinski definition) is 5. The van der Waals surface area contributed by atoms with Gasteiger partial charge in [-0.25, -0.2) is 0 Å². The van der Waals surface area contributed by atoms with Gasteiger partial charge < -0.3 is 10.3 Å². The Morgan fingerprint density at radius 1 is 1.25 bits per heavy atom. The van der Waals surface area contributed by atoms with Crippen molar-refractivity contribution in [3.8, 4) is 0 Å². The SMILES string of the molecule is CC(C)SCc1noc(CCC(N)c2ccccc2)n1. The van der Waals surface area contributed by atoms with Gasteiger partial charge in [-0.15, -0.1) is 0 Å². The van der Waals surface area contributed by atoms with Crippen LogP contribution in [0.3, 0.4) is 0 Å². The van der Waals surface area contributed by atoms with Crippen molar-refractivity contribution in [2.24, 2.45) is 5.73 Å². The summed E-state index contributed by atoms with van der Waals surface area (Å²) in [7, 11) is 0. The van der Waals surface area contributed by atoms with Crippen LogP contribution in [0.2, 0.25) is 0 Å². The van der Waals surface area contributed by atoms with E-state index in [1.807, 2.05) is 42.1 Å². The van der Waals surface area contributed by atoms with Crippen LogP contribution in [0.1, 0.15) is 43.6 Å². The number of nitrogens with two attached hydrogens (primary N) is 1. The maximum absolute atomic E-state index is 6.15. The van der Waals surface area contributed by atoms with E-state index in [2.05, 4.69) is 24.0 Å². The molecule has 0 aliphatic carbocycles. The number of nitrogens with zero attached hydrogens (tertiary/aromatic N) is 2. The van der Waals surface area contributed by atoms with Gasteiger partial charge in [0.1, 0.15) is 0 Å². The van der Waals surface area contributed by atoms with Gasteiger partial charge in [0.15, 0.2) is 5.82 Å². The van der Waals surface area contributed by atoms with Gasteiger partial charge in [0.25, 0.3) is 0 Å². The molecule has 1 aromatic heterocycles. The molecule has 5 heteroatoms. The second-order valence-corrected chi connectivity index (χ2v) is 6.58. The molecular weight excluding hydrogens is 270 g/mol. The second-order valence-electron chi connectivity index (χ2n) is 5.02. The van der Waals surface area contributed by atoms with E-state index in [-0.39, 0.29) is 6.04 Å². The molecule has 20 heavy (non-hydrogen) atoms. The Bertz CT molecular complexity index is 513. The zero-order valence-corrected chi connectivity index (χ0v) is 12.8. The Hall–Kier alpha value is -1.33. The third-order valence-electron chi connectivity index (χ3n) is 2.95. The van der Waals surface area contributed by atoms with Gasteiger partial charge in [-0.2, -0.15) is 16.7 Å². The minimum absolute atomic E-state index is 0.0107. The number of thioether (sulfide) groups is 1. The molecular formula is C15H21N3OS. The molecule has 1 atom stereocenters. The van der Waals surface area contributed by atoms with Crippen molar-refractivity contribution in [1.29, 1.82) is 0 Å². The smallest absolute Gasteiger partial charge is 0.226 e. The molecule has 0 saturated heterocycles. The van der Waals surface area contributed by atoms with Crippen molar-refractivity contribution in [2.45, 2.75) is 43.7 Å². The van der Waals surface area contributed by atoms with Crippen LogP contribution in [-0.4, -0.2) is 15.4 Å². The standard InChI is InChI=1S/C15H21N3OS/c1-11(2)20-10-14-17-15(19-18-14)9-8-13(16)12-6-4-3-5-7-12/h3-7,11,13H,8-10,16H2,1-2H3. The topological polar surface area (TPSA) is 64.9 Å². The molecule has 0 bridgehead atoms. The van der Waals surface area contributed by atoms with Crippen molar-refractivity contribution < 1.29 is 4.52 Å². The van der Waals surface area contributed by atoms with E-state index < -0.39 is 0 Å². The predicted octanol–water partition coefficient (Wildman–Crippen LogP) is 3.34. The summed E-state index contributed by atoms with van der Waals surface area (Å²) in [4.78, 5) is 4.39. The first-order valence-corrected chi connectivity index (χ1v) is 7.93. The molecule has 0 saturated carbocycles. The first-order valence-electron chi connectivity index (χ1n) is 6.88. The molecule has 1 unspecified atom stereocenters. The summed E-state index contributed by atoms with van der Waals surface area (Å²) >= 11 is 1.81. The summed E-state index contributed by atoms with van der Waals surface area (Å²) in [5.74, 6) is 2.24. The molecule has 0 aliphatic rings. The van der Waals surface area contributed by atoms with Gasteiger partial charge in [-0.1, -0.05) is 49.3 Å². The van der Waals surface area contributed by atoms with Crippen molar-refractivity contribution in [1.82, 2.24) is 10.1 Å². The van der Waals surface area contributed by atoms with E-state index in [4.69, 9.17) is 10.3 Å². The first-order chi connectivity index (χ1) is 9.65. The van der Waals surface area contributed by atoms with Crippen LogP contribution < -0.4 is 5.73 Å². The van der Waals surface area contributed by atoms with Crippen LogP contribution in [0.5, 0.6) is 0 Å². The minimum atomic E-state index is 0.0107. The lowest BCUT2D eigenvalue weighted by Gasteiger charge is -2.09. The van der Waals surface area contributed by atoms with Crippen molar-refractivity contribution >= 4 is 11.8 Å². The van der Waals surface area contributed by atoms with Crippen LogP contribution in [0, 0.1) is 0 Å². The van der Waals surface area contributed by atoms with Crippen LogP contribution in [0.25, 0.3) is 0 Å². The predicted molar refractivity (Wildman–Crippen MR) is 82.4 cm³/mol. The highest BCUT2D eigenvalue weighted by atomic mass is 32.2. The molecule has 1 aromatic carbocycles. The second kappa shape index (κ2) is 7.45. The fraction of sp³-hybridized carbons (Fsp3) is 0.467. The largest absolute Gasteiger partial charge is 0.339 e. The average molecular weight is 291 g/mol. The van der Waals surface area contributed by atoms with E-state index in [0.717, 1.165) is 30.0 Å². The van der Waals surface area contributed by atoms with Gasteiger partial charge in [0.05, 0.1) is 5.75 Å². The Labute approximate surface area is 124 Å². The lowest BCUT2D eigenvalue weighted by molar-refractivity contribution is 0.368.